The zero-order valence-electron chi connectivity index (χ0n) is 18.1. The first-order valence-corrected chi connectivity index (χ1v) is 10.3. The fraction of sp³-hybridized carbons (Fsp3) is 0.208. The van der Waals surface area contributed by atoms with Crippen LogP contribution in [0.5, 0.6) is 0 Å². The molecule has 8 heteroatoms. The average molecular weight is 430 g/mol. The number of amides is 1. The lowest BCUT2D eigenvalue weighted by atomic mass is 9.95. The fourth-order valence-electron chi connectivity index (χ4n) is 3.55. The van der Waals surface area contributed by atoms with Crippen molar-refractivity contribution in [1.29, 1.82) is 0 Å². The molecule has 0 aliphatic carbocycles. The number of aryl methyl sites for hydroxylation is 1. The Hall–Kier alpha value is -3.94. The monoisotopic (exact) mass is 430 g/mol. The van der Waals surface area contributed by atoms with Gasteiger partial charge in [0.25, 0.3) is 5.91 Å². The lowest BCUT2D eigenvalue weighted by Crippen LogP contribution is -2.18. The molecular formula is C24H23FN6O. The molecule has 1 aromatic carbocycles. The lowest BCUT2D eigenvalue weighted by Gasteiger charge is -2.17. The molecule has 2 N–H and O–H groups in total. The molecule has 7 nitrogen and oxygen atoms in total. The molecule has 0 spiro atoms. The molecule has 4 rings (SSSR count). The average Bonchev–Trinajstić information content (AvgIpc) is 2.81. The highest BCUT2D eigenvalue weighted by Crippen LogP contribution is 2.28. The van der Waals surface area contributed by atoms with Crippen molar-refractivity contribution in [1.82, 2.24) is 25.3 Å². The van der Waals surface area contributed by atoms with Gasteiger partial charge in [0.05, 0.1) is 16.8 Å². The summed E-state index contributed by atoms with van der Waals surface area (Å²) in [5.41, 5.74) is 4.31. The summed E-state index contributed by atoms with van der Waals surface area (Å²) in [7, 11) is 1.55. The normalized spacial score (nSPS) is 11.9. The van der Waals surface area contributed by atoms with E-state index in [2.05, 4.69) is 30.6 Å². The number of halogens is 1. The van der Waals surface area contributed by atoms with Crippen molar-refractivity contribution in [3.05, 3.63) is 77.8 Å². The van der Waals surface area contributed by atoms with Gasteiger partial charge in [-0.25, -0.2) is 14.4 Å². The fourth-order valence-corrected chi connectivity index (χ4v) is 3.55. The Kier molecular flexibility index (Phi) is 6.02. The van der Waals surface area contributed by atoms with Crippen molar-refractivity contribution < 1.29 is 9.18 Å². The van der Waals surface area contributed by atoms with E-state index < -0.39 is 5.82 Å². The molecule has 1 atom stereocenters. The number of anilines is 1. The number of rotatable bonds is 6. The van der Waals surface area contributed by atoms with Gasteiger partial charge in [0.1, 0.15) is 18.0 Å². The van der Waals surface area contributed by atoms with Crippen LogP contribution in [-0.4, -0.2) is 39.4 Å². The number of fused-ring (bicyclic) bond motifs is 1. The number of nitrogens with zero attached hydrogens (tertiary/aromatic N) is 4. The summed E-state index contributed by atoms with van der Waals surface area (Å²) in [4.78, 5) is 29.6. The number of carbonyl (C=O) groups is 1. The van der Waals surface area contributed by atoms with E-state index in [-0.39, 0.29) is 11.8 Å². The van der Waals surface area contributed by atoms with Gasteiger partial charge in [0.2, 0.25) is 0 Å². The molecule has 0 radical (unpaired) electrons. The molecule has 0 saturated carbocycles. The predicted molar refractivity (Wildman–Crippen MR) is 122 cm³/mol. The molecule has 162 valence electrons. The van der Waals surface area contributed by atoms with Gasteiger partial charge >= 0.3 is 0 Å². The molecule has 32 heavy (non-hydrogen) atoms. The van der Waals surface area contributed by atoms with Gasteiger partial charge < -0.3 is 10.6 Å². The number of nitrogens with one attached hydrogen (secondary N) is 2. The Morgan fingerprint density at radius 2 is 1.94 bits per heavy atom. The molecule has 1 amide bonds. The number of carbonyl (C=O) groups excluding carboxylic acids is 1. The van der Waals surface area contributed by atoms with E-state index in [0.717, 1.165) is 22.5 Å². The number of hydrogen-bond acceptors (Lipinski definition) is 6. The van der Waals surface area contributed by atoms with Crippen LogP contribution in [0.25, 0.3) is 22.2 Å². The van der Waals surface area contributed by atoms with Crippen molar-refractivity contribution >= 4 is 22.6 Å². The summed E-state index contributed by atoms with van der Waals surface area (Å²) in [6.45, 7) is 4.40. The second-order valence-electron chi connectivity index (χ2n) is 7.59. The highest BCUT2D eigenvalue weighted by molar-refractivity contribution is 6.06. The molecule has 0 aliphatic heterocycles. The van der Waals surface area contributed by atoms with Gasteiger partial charge in [0.15, 0.2) is 0 Å². The molecule has 0 saturated heterocycles. The van der Waals surface area contributed by atoms with Crippen LogP contribution in [0.15, 0.2) is 55.1 Å². The van der Waals surface area contributed by atoms with Crippen LogP contribution >= 0.6 is 0 Å². The third-order valence-corrected chi connectivity index (χ3v) is 5.31. The number of aromatic nitrogens is 4. The minimum Gasteiger partial charge on any atom is -0.369 e. The Balaban J connectivity index is 1.59. The maximum atomic E-state index is 14.4. The summed E-state index contributed by atoms with van der Waals surface area (Å²) < 4.78 is 14.4. The Bertz CT molecular complexity index is 1280. The van der Waals surface area contributed by atoms with Crippen LogP contribution < -0.4 is 10.6 Å². The molecule has 4 aromatic rings. The van der Waals surface area contributed by atoms with Crippen LogP contribution in [0, 0.1) is 12.7 Å². The SMILES string of the molecule is CNC(=O)c1ccnc2c([C@H](C)CNc3cc(-c4ccc(C)nc4)ncn3)cc(F)cc12. The lowest BCUT2D eigenvalue weighted by molar-refractivity contribution is 0.0964. The van der Waals surface area contributed by atoms with Crippen molar-refractivity contribution in [2.45, 2.75) is 19.8 Å². The van der Waals surface area contributed by atoms with Gasteiger partial charge in [-0.1, -0.05) is 6.92 Å². The molecule has 0 unspecified atom stereocenters. The predicted octanol–water partition coefficient (Wildman–Crippen LogP) is 4.11. The highest BCUT2D eigenvalue weighted by atomic mass is 19.1. The number of pyridine rings is 2. The molecule has 0 aliphatic rings. The van der Waals surface area contributed by atoms with Gasteiger partial charge in [-0.15, -0.1) is 0 Å². The third-order valence-electron chi connectivity index (χ3n) is 5.31. The Morgan fingerprint density at radius 1 is 1.09 bits per heavy atom. The summed E-state index contributed by atoms with van der Waals surface area (Å²) in [6, 6.07) is 10.2. The minimum atomic E-state index is -0.409. The first-order chi connectivity index (χ1) is 15.5. The van der Waals surface area contributed by atoms with Crippen molar-refractivity contribution in [2.24, 2.45) is 0 Å². The molecule has 0 fully saturated rings. The van der Waals surface area contributed by atoms with E-state index in [0.29, 0.717) is 28.8 Å². The zero-order chi connectivity index (χ0) is 22.7. The van der Waals surface area contributed by atoms with Gasteiger partial charge in [-0.2, -0.15) is 0 Å². The molecule has 3 aromatic heterocycles. The summed E-state index contributed by atoms with van der Waals surface area (Å²) >= 11 is 0. The highest BCUT2D eigenvalue weighted by Gasteiger charge is 2.17. The second kappa shape index (κ2) is 9.05. The van der Waals surface area contributed by atoms with Crippen molar-refractivity contribution in [3.8, 4) is 11.3 Å². The quantitative estimate of drug-likeness (QED) is 0.478. The van der Waals surface area contributed by atoms with Gasteiger partial charge in [-0.3, -0.25) is 14.8 Å². The van der Waals surface area contributed by atoms with E-state index >= 15 is 0 Å². The zero-order valence-corrected chi connectivity index (χ0v) is 18.1. The van der Waals surface area contributed by atoms with E-state index in [9.17, 15) is 9.18 Å². The van der Waals surface area contributed by atoms with Crippen LogP contribution in [0.4, 0.5) is 10.2 Å². The van der Waals surface area contributed by atoms with E-state index in [1.807, 2.05) is 32.0 Å². The molecular weight excluding hydrogens is 407 g/mol. The van der Waals surface area contributed by atoms with Crippen LogP contribution in [0.2, 0.25) is 0 Å². The maximum absolute atomic E-state index is 14.4. The summed E-state index contributed by atoms with van der Waals surface area (Å²) in [5, 5.41) is 6.38. The van der Waals surface area contributed by atoms with Crippen molar-refractivity contribution in [3.63, 3.8) is 0 Å². The first-order valence-electron chi connectivity index (χ1n) is 10.3. The number of hydrogen-bond donors (Lipinski definition) is 2. The standard InChI is InChI=1S/C24H23FN6O/c1-14(11-29-22-10-21(30-13-31-22)16-5-4-15(2)28-12-16)19-8-17(25)9-20-18(24(32)26-3)6-7-27-23(19)20/h4-10,12-14H,11H2,1-3H3,(H,26,32)(H,29,30,31)/t14-/m1/s1. The Labute approximate surface area is 185 Å². The van der Waals surface area contributed by atoms with E-state index in [1.54, 1.807) is 25.5 Å². The minimum absolute atomic E-state index is 0.0971. The smallest absolute Gasteiger partial charge is 0.251 e. The Morgan fingerprint density at radius 3 is 2.69 bits per heavy atom. The van der Waals surface area contributed by atoms with E-state index in [1.165, 1.54) is 18.5 Å². The van der Waals surface area contributed by atoms with Crippen LogP contribution in [0.3, 0.4) is 0 Å². The molecule has 0 bridgehead atoms. The van der Waals surface area contributed by atoms with Crippen LogP contribution in [-0.2, 0) is 0 Å². The van der Waals surface area contributed by atoms with Crippen molar-refractivity contribution in [2.75, 3.05) is 18.9 Å². The summed E-state index contributed by atoms with van der Waals surface area (Å²) in [5.74, 6) is -0.130. The first kappa shape index (κ1) is 21.3. The molecule has 3 heterocycles. The van der Waals surface area contributed by atoms with Gasteiger partial charge in [-0.05, 0) is 42.8 Å². The maximum Gasteiger partial charge on any atom is 0.251 e. The largest absolute Gasteiger partial charge is 0.369 e. The van der Waals surface area contributed by atoms with E-state index in [4.69, 9.17) is 0 Å². The van der Waals surface area contributed by atoms with Gasteiger partial charge in [0, 0.05) is 54.6 Å². The third kappa shape index (κ3) is 4.39. The summed E-state index contributed by atoms with van der Waals surface area (Å²) in [6.07, 6.45) is 4.84. The van der Waals surface area contributed by atoms with Crippen LogP contribution in [0.1, 0.15) is 34.5 Å². The number of benzene rings is 1. The topological polar surface area (TPSA) is 92.7 Å². The second-order valence-corrected chi connectivity index (χ2v) is 7.59.